The molecule has 0 saturated heterocycles. The zero-order valence-corrected chi connectivity index (χ0v) is 8.92. The zero-order chi connectivity index (χ0) is 11.3. The van der Waals surface area contributed by atoms with E-state index in [1.54, 1.807) is 24.3 Å². The van der Waals surface area contributed by atoms with Crippen molar-refractivity contribution in [3.63, 3.8) is 0 Å². The van der Waals surface area contributed by atoms with Gasteiger partial charge in [-0.05, 0) is 12.1 Å². The summed E-state index contributed by atoms with van der Waals surface area (Å²) in [7, 11) is 0. The molecule has 0 fully saturated rings. The third-order valence-corrected chi connectivity index (χ3v) is 1.96. The molecule has 0 aromatic heterocycles. The van der Waals surface area contributed by atoms with E-state index >= 15 is 0 Å². The summed E-state index contributed by atoms with van der Waals surface area (Å²) in [5.74, 6) is -0.0535. The van der Waals surface area contributed by atoms with Crippen LogP contribution in [0.15, 0.2) is 24.3 Å². The number of hydrogen-bond acceptors (Lipinski definition) is 3. The molecule has 1 aromatic carbocycles. The van der Waals surface area contributed by atoms with Gasteiger partial charge < -0.3 is 16.2 Å². The summed E-state index contributed by atoms with van der Waals surface area (Å²) in [6.07, 6.45) is 0.475. The number of carbonyl (C=O) groups is 1. The maximum absolute atomic E-state index is 11.0. The molecule has 1 aromatic rings. The number of rotatable bonds is 5. The van der Waals surface area contributed by atoms with Gasteiger partial charge in [-0.1, -0.05) is 24.4 Å². The number of benzene rings is 1. The monoisotopic (exact) mass is 224 g/mol. The number of amides is 1. The molecule has 0 atom stereocenters. The van der Waals surface area contributed by atoms with Crippen molar-refractivity contribution in [1.82, 2.24) is 0 Å². The highest BCUT2D eigenvalue weighted by atomic mass is 32.1. The van der Waals surface area contributed by atoms with Crippen LogP contribution in [0, 0.1) is 0 Å². The number of nitrogens with two attached hydrogens (primary N) is 2. The summed E-state index contributed by atoms with van der Waals surface area (Å²) >= 11 is 4.70. The Labute approximate surface area is 93.2 Å². The van der Waals surface area contributed by atoms with E-state index in [0.29, 0.717) is 29.3 Å². The lowest BCUT2D eigenvalue weighted by atomic mass is 10.2. The highest BCUT2D eigenvalue weighted by Crippen LogP contribution is 2.17. The molecule has 0 spiro atoms. The van der Waals surface area contributed by atoms with Crippen LogP contribution < -0.4 is 16.2 Å². The van der Waals surface area contributed by atoms with Crippen molar-refractivity contribution in [3.05, 3.63) is 29.8 Å². The summed E-state index contributed by atoms with van der Waals surface area (Å²) in [5.41, 5.74) is 10.9. The molecule has 0 aliphatic heterocycles. The lowest BCUT2D eigenvalue weighted by Crippen LogP contribution is -2.15. The van der Waals surface area contributed by atoms with Crippen molar-refractivity contribution in [2.75, 3.05) is 6.61 Å². The third kappa shape index (κ3) is 3.55. The smallest absolute Gasteiger partial charge is 0.252 e. The molecule has 1 rings (SSSR count). The second-order valence-corrected chi connectivity index (χ2v) is 3.45. The Morgan fingerprint density at radius 3 is 2.60 bits per heavy atom. The predicted octanol–water partition coefficient (Wildman–Crippen LogP) is 0.841. The Bertz CT molecular complexity index is 379. The molecule has 1 amide bonds. The van der Waals surface area contributed by atoms with E-state index in [1.165, 1.54) is 0 Å². The fourth-order valence-electron chi connectivity index (χ4n) is 1.06. The van der Waals surface area contributed by atoms with Gasteiger partial charge in [0.15, 0.2) is 0 Å². The van der Waals surface area contributed by atoms with Crippen LogP contribution >= 0.6 is 12.2 Å². The van der Waals surface area contributed by atoms with Crippen molar-refractivity contribution < 1.29 is 9.53 Å². The van der Waals surface area contributed by atoms with Crippen LogP contribution in [0.25, 0.3) is 0 Å². The standard InChI is InChI=1S/C10H12N2O2S/c11-9(15)5-6-14-8-4-2-1-3-7(8)10(12)13/h1-4H,5-6H2,(H2,11,15)(H2,12,13). The number of primary amides is 1. The number of ether oxygens (including phenoxy) is 1. The Morgan fingerprint density at radius 2 is 2.00 bits per heavy atom. The maximum Gasteiger partial charge on any atom is 0.252 e. The SMILES string of the molecule is NC(=O)c1ccccc1OCCC(N)=S. The van der Waals surface area contributed by atoms with Crippen molar-refractivity contribution in [3.8, 4) is 5.75 Å². The van der Waals surface area contributed by atoms with Crippen LogP contribution in [-0.4, -0.2) is 17.5 Å². The molecule has 0 heterocycles. The molecule has 0 bridgehead atoms. The fourth-order valence-corrected chi connectivity index (χ4v) is 1.14. The third-order valence-electron chi connectivity index (χ3n) is 1.76. The van der Waals surface area contributed by atoms with E-state index in [9.17, 15) is 4.79 Å². The van der Waals surface area contributed by atoms with Crippen LogP contribution in [0.4, 0.5) is 0 Å². The molecule has 0 saturated carbocycles. The summed E-state index contributed by atoms with van der Waals surface area (Å²) in [5, 5.41) is 0. The van der Waals surface area contributed by atoms with E-state index in [0.717, 1.165) is 0 Å². The zero-order valence-electron chi connectivity index (χ0n) is 8.10. The Morgan fingerprint density at radius 1 is 1.33 bits per heavy atom. The number of para-hydroxylation sites is 1. The van der Waals surface area contributed by atoms with E-state index < -0.39 is 5.91 Å². The molecular formula is C10H12N2O2S. The first kappa shape index (κ1) is 11.5. The molecule has 0 radical (unpaired) electrons. The van der Waals surface area contributed by atoms with E-state index in [4.69, 9.17) is 28.4 Å². The van der Waals surface area contributed by atoms with Gasteiger partial charge in [-0.25, -0.2) is 0 Å². The van der Waals surface area contributed by atoms with Gasteiger partial charge in [0, 0.05) is 6.42 Å². The molecule has 0 aliphatic rings. The molecule has 15 heavy (non-hydrogen) atoms. The molecule has 4 N–H and O–H groups in total. The average Bonchev–Trinajstić information content (AvgIpc) is 2.17. The summed E-state index contributed by atoms with van der Waals surface area (Å²) in [6.45, 7) is 0.347. The van der Waals surface area contributed by atoms with Crippen LogP contribution in [0.5, 0.6) is 5.75 Å². The molecule has 4 nitrogen and oxygen atoms in total. The highest BCUT2D eigenvalue weighted by Gasteiger charge is 2.07. The Kier molecular flexibility index (Phi) is 4.05. The quantitative estimate of drug-likeness (QED) is 0.726. The first-order chi connectivity index (χ1) is 7.11. The minimum Gasteiger partial charge on any atom is -0.492 e. The molecular weight excluding hydrogens is 212 g/mol. The highest BCUT2D eigenvalue weighted by molar-refractivity contribution is 7.80. The number of hydrogen-bond donors (Lipinski definition) is 2. The topological polar surface area (TPSA) is 78.3 Å². The van der Waals surface area contributed by atoms with Gasteiger partial charge in [0.25, 0.3) is 5.91 Å². The molecule has 80 valence electrons. The van der Waals surface area contributed by atoms with Crippen LogP contribution in [0.1, 0.15) is 16.8 Å². The second kappa shape index (κ2) is 5.31. The normalized spacial score (nSPS) is 9.60. The van der Waals surface area contributed by atoms with Gasteiger partial charge in [0.1, 0.15) is 5.75 Å². The number of thiocarbonyl (C=S) groups is 1. The van der Waals surface area contributed by atoms with Gasteiger partial charge in [-0.15, -0.1) is 0 Å². The molecule has 5 heteroatoms. The predicted molar refractivity (Wildman–Crippen MR) is 61.9 cm³/mol. The van der Waals surface area contributed by atoms with Crippen molar-refractivity contribution in [2.24, 2.45) is 11.5 Å². The van der Waals surface area contributed by atoms with Gasteiger partial charge in [-0.3, -0.25) is 4.79 Å². The number of carbonyl (C=O) groups excluding carboxylic acids is 1. The minimum atomic E-state index is -0.513. The fraction of sp³-hybridized carbons (Fsp3) is 0.200. The largest absolute Gasteiger partial charge is 0.492 e. The van der Waals surface area contributed by atoms with E-state index in [1.807, 2.05) is 0 Å². The van der Waals surface area contributed by atoms with Gasteiger partial charge in [0.05, 0.1) is 17.2 Å². The first-order valence-electron chi connectivity index (χ1n) is 4.41. The van der Waals surface area contributed by atoms with Crippen molar-refractivity contribution in [2.45, 2.75) is 6.42 Å². The first-order valence-corrected chi connectivity index (χ1v) is 4.82. The molecule has 0 unspecified atom stereocenters. The lowest BCUT2D eigenvalue weighted by molar-refractivity contribution is 0.0996. The van der Waals surface area contributed by atoms with Crippen molar-refractivity contribution in [1.29, 1.82) is 0 Å². The average molecular weight is 224 g/mol. The van der Waals surface area contributed by atoms with Crippen LogP contribution in [-0.2, 0) is 0 Å². The maximum atomic E-state index is 11.0. The van der Waals surface area contributed by atoms with Crippen LogP contribution in [0.3, 0.4) is 0 Å². The van der Waals surface area contributed by atoms with Crippen molar-refractivity contribution >= 4 is 23.1 Å². The molecule has 0 aliphatic carbocycles. The van der Waals surface area contributed by atoms with Gasteiger partial charge in [0.2, 0.25) is 0 Å². The summed E-state index contributed by atoms with van der Waals surface area (Å²) in [4.78, 5) is 11.4. The van der Waals surface area contributed by atoms with Gasteiger partial charge >= 0.3 is 0 Å². The Balaban J connectivity index is 2.67. The lowest BCUT2D eigenvalue weighted by Gasteiger charge is -2.08. The minimum absolute atomic E-state index is 0.347. The Hall–Kier alpha value is -1.62. The van der Waals surface area contributed by atoms with E-state index in [-0.39, 0.29) is 0 Å². The van der Waals surface area contributed by atoms with E-state index in [2.05, 4.69) is 0 Å². The van der Waals surface area contributed by atoms with Gasteiger partial charge in [-0.2, -0.15) is 0 Å². The van der Waals surface area contributed by atoms with Crippen LogP contribution in [0.2, 0.25) is 0 Å². The second-order valence-electron chi connectivity index (χ2n) is 2.93. The summed E-state index contributed by atoms with van der Waals surface area (Å²) in [6, 6.07) is 6.78. The summed E-state index contributed by atoms with van der Waals surface area (Å²) < 4.78 is 5.34.